The van der Waals surface area contributed by atoms with Crippen molar-refractivity contribution in [3.8, 4) is 0 Å². The van der Waals surface area contributed by atoms with E-state index in [2.05, 4.69) is 0 Å². The lowest BCUT2D eigenvalue weighted by molar-refractivity contribution is -0.151. The number of halogens is 1. The van der Waals surface area contributed by atoms with E-state index in [4.69, 9.17) is 4.74 Å². The van der Waals surface area contributed by atoms with Crippen LogP contribution in [-0.2, 0) is 24.3 Å². The van der Waals surface area contributed by atoms with Gasteiger partial charge in [0.2, 0.25) is 15.9 Å². The lowest BCUT2D eigenvalue weighted by atomic mass is 9.97. The Balaban J connectivity index is 1.85. The second-order valence-corrected chi connectivity index (χ2v) is 8.73. The fourth-order valence-electron chi connectivity index (χ4n) is 3.25. The van der Waals surface area contributed by atoms with Gasteiger partial charge in [-0.1, -0.05) is 0 Å². The highest BCUT2D eigenvalue weighted by Gasteiger charge is 2.28. The number of ether oxygens (including phenoxy) is 1. The zero-order valence-electron chi connectivity index (χ0n) is 16.3. The molecule has 1 heterocycles. The summed E-state index contributed by atoms with van der Waals surface area (Å²) in [7, 11) is -3.54. The maximum atomic E-state index is 13.1. The Hall–Kier alpha value is -2.16. The fraction of sp³-hybridized carbons (Fsp3) is 0.579. The lowest BCUT2D eigenvalue weighted by Crippen LogP contribution is -2.41. The zero-order chi connectivity index (χ0) is 20.7. The average Bonchev–Trinajstić information content (AvgIpc) is 2.65. The number of sulfonamides is 1. The molecule has 1 aliphatic rings. The molecule has 1 amide bonds. The number of esters is 1. The van der Waals surface area contributed by atoms with E-state index >= 15 is 0 Å². The Morgan fingerprint density at radius 1 is 1.21 bits per heavy atom. The van der Waals surface area contributed by atoms with Crippen molar-refractivity contribution < 1.29 is 27.1 Å². The first kappa shape index (κ1) is 22.1. The predicted octanol–water partition coefficient (Wildman–Crippen LogP) is 2.17. The summed E-state index contributed by atoms with van der Waals surface area (Å²) in [5.74, 6) is -0.880. The van der Waals surface area contributed by atoms with E-state index in [-0.39, 0.29) is 30.8 Å². The maximum absolute atomic E-state index is 13.1. The number of anilines is 1. The summed E-state index contributed by atoms with van der Waals surface area (Å²) in [6, 6.07) is 5.20. The van der Waals surface area contributed by atoms with Gasteiger partial charge in [-0.15, -0.1) is 0 Å². The van der Waals surface area contributed by atoms with E-state index in [1.54, 1.807) is 11.8 Å². The molecule has 0 aromatic heterocycles. The summed E-state index contributed by atoms with van der Waals surface area (Å²) in [5.41, 5.74) is 0.367. The number of amides is 1. The molecule has 0 spiro atoms. The third kappa shape index (κ3) is 6.19. The number of piperidine rings is 1. The fourth-order valence-corrected chi connectivity index (χ4v) is 4.22. The van der Waals surface area contributed by atoms with Crippen molar-refractivity contribution in [2.24, 2.45) is 5.92 Å². The van der Waals surface area contributed by atoms with E-state index in [9.17, 15) is 22.4 Å². The molecule has 1 aromatic rings. The highest BCUT2D eigenvalue weighted by atomic mass is 32.2. The van der Waals surface area contributed by atoms with Crippen molar-refractivity contribution in [2.75, 3.05) is 36.8 Å². The van der Waals surface area contributed by atoms with Gasteiger partial charge < -0.3 is 9.64 Å². The molecule has 0 radical (unpaired) electrons. The Morgan fingerprint density at radius 2 is 1.82 bits per heavy atom. The Bertz CT molecular complexity index is 774. The Labute approximate surface area is 165 Å². The van der Waals surface area contributed by atoms with Crippen molar-refractivity contribution in [2.45, 2.75) is 32.6 Å². The van der Waals surface area contributed by atoms with Crippen LogP contribution in [0.4, 0.5) is 10.1 Å². The molecule has 1 aliphatic heterocycles. The smallest absolute Gasteiger partial charge is 0.309 e. The van der Waals surface area contributed by atoms with Crippen LogP contribution in [0.2, 0.25) is 0 Å². The molecule has 0 aliphatic carbocycles. The van der Waals surface area contributed by atoms with Crippen LogP contribution < -0.4 is 4.31 Å². The van der Waals surface area contributed by atoms with Gasteiger partial charge in [-0.05, 0) is 50.5 Å². The molecule has 0 atom stereocenters. The van der Waals surface area contributed by atoms with E-state index in [1.807, 2.05) is 0 Å². The average molecular weight is 414 g/mol. The van der Waals surface area contributed by atoms with Crippen molar-refractivity contribution >= 4 is 27.6 Å². The first-order chi connectivity index (χ1) is 13.2. The lowest BCUT2D eigenvalue weighted by Gasteiger charge is -2.31. The number of benzene rings is 1. The zero-order valence-corrected chi connectivity index (χ0v) is 17.1. The number of carbonyl (C=O) groups is 2. The van der Waals surface area contributed by atoms with Crippen molar-refractivity contribution in [3.05, 3.63) is 30.1 Å². The van der Waals surface area contributed by atoms with Gasteiger partial charge in [0.25, 0.3) is 0 Å². The van der Waals surface area contributed by atoms with Crippen LogP contribution in [0.3, 0.4) is 0 Å². The highest BCUT2D eigenvalue weighted by molar-refractivity contribution is 7.92. The van der Waals surface area contributed by atoms with Crippen molar-refractivity contribution in [3.63, 3.8) is 0 Å². The SMILES string of the molecule is CCOC(=O)C1CCN(C(=O)CCCN(c2ccc(F)cc2)S(C)(=O)=O)CC1. The highest BCUT2D eigenvalue weighted by Crippen LogP contribution is 2.21. The summed E-state index contributed by atoms with van der Waals surface area (Å²) >= 11 is 0. The Kier molecular flexibility index (Phi) is 7.79. The molecule has 0 N–H and O–H groups in total. The van der Waals surface area contributed by atoms with Gasteiger partial charge in [-0.25, -0.2) is 12.8 Å². The third-order valence-electron chi connectivity index (χ3n) is 4.73. The Morgan fingerprint density at radius 3 is 2.36 bits per heavy atom. The molecular formula is C19H27FN2O5S. The molecule has 1 fully saturated rings. The number of hydrogen-bond donors (Lipinski definition) is 0. The second kappa shape index (κ2) is 9.86. The second-order valence-electron chi connectivity index (χ2n) is 6.82. The molecule has 0 unspecified atom stereocenters. The number of likely N-dealkylation sites (tertiary alicyclic amines) is 1. The predicted molar refractivity (Wildman–Crippen MR) is 104 cm³/mol. The normalized spacial score (nSPS) is 15.3. The summed E-state index contributed by atoms with van der Waals surface area (Å²) in [4.78, 5) is 25.9. The van der Waals surface area contributed by atoms with Gasteiger partial charge in [0.05, 0.1) is 24.5 Å². The molecule has 9 heteroatoms. The number of hydrogen-bond acceptors (Lipinski definition) is 5. The quantitative estimate of drug-likeness (QED) is 0.609. The molecule has 156 valence electrons. The van der Waals surface area contributed by atoms with Gasteiger partial charge >= 0.3 is 5.97 Å². The van der Waals surface area contributed by atoms with Gasteiger partial charge in [0.15, 0.2) is 0 Å². The number of carbonyl (C=O) groups excluding carboxylic acids is 2. The van der Waals surface area contributed by atoms with Crippen molar-refractivity contribution in [1.82, 2.24) is 4.90 Å². The monoisotopic (exact) mass is 414 g/mol. The molecule has 2 rings (SSSR count). The van der Waals surface area contributed by atoms with Crippen LogP contribution in [0.1, 0.15) is 32.6 Å². The summed E-state index contributed by atoms with van der Waals surface area (Å²) in [5, 5.41) is 0. The molecule has 1 aromatic carbocycles. The van der Waals surface area contributed by atoms with Gasteiger partial charge in [0, 0.05) is 26.1 Å². The minimum absolute atomic E-state index is 0.0603. The largest absolute Gasteiger partial charge is 0.466 e. The molecule has 28 heavy (non-hydrogen) atoms. The van der Waals surface area contributed by atoms with Crippen molar-refractivity contribution in [1.29, 1.82) is 0 Å². The van der Waals surface area contributed by atoms with Crippen LogP contribution >= 0.6 is 0 Å². The molecule has 0 bridgehead atoms. The van der Waals surface area contributed by atoms with E-state index in [1.165, 1.54) is 28.6 Å². The van der Waals surface area contributed by atoms with Gasteiger partial charge in [-0.2, -0.15) is 0 Å². The third-order valence-corrected chi connectivity index (χ3v) is 5.93. The number of rotatable bonds is 8. The first-order valence-corrected chi connectivity index (χ1v) is 11.2. The topological polar surface area (TPSA) is 84.0 Å². The minimum atomic E-state index is -3.54. The molecule has 0 saturated carbocycles. The first-order valence-electron chi connectivity index (χ1n) is 9.40. The van der Waals surface area contributed by atoms with Crippen LogP contribution in [0.15, 0.2) is 24.3 Å². The maximum Gasteiger partial charge on any atom is 0.309 e. The molecular weight excluding hydrogens is 387 g/mol. The van der Waals surface area contributed by atoms with Crippen LogP contribution in [0.25, 0.3) is 0 Å². The molecule has 1 saturated heterocycles. The standard InChI is InChI=1S/C19H27FN2O5S/c1-3-27-19(24)15-10-13-21(14-11-15)18(23)5-4-12-22(28(2,25)26)17-8-6-16(20)7-9-17/h6-9,15H,3-5,10-14H2,1-2H3. The minimum Gasteiger partial charge on any atom is -0.466 e. The summed E-state index contributed by atoms with van der Waals surface area (Å²) in [6.07, 6.45) is 2.79. The summed E-state index contributed by atoms with van der Waals surface area (Å²) < 4.78 is 43.4. The summed E-state index contributed by atoms with van der Waals surface area (Å²) in [6.45, 7) is 3.24. The van der Waals surface area contributed by atoms with E-state index < -0.39 is 15.8 Å². The van der Waals surface area contributed by atoms with E-state index in [0.29, 0.717) is 44.6 Å². The van der Waals surface area contributed by atoms with Gasteiger partial charge in [-0.3, -0.25) is 13.9 Å². The van der Waals surface area contributed by atoms with Crippen LogP contribution in [-0.4, -0.2) is 57.7 Å². The van der Waals surface area contributed by atoms with Crippen LogP contribution in [0, 0.1) is 11.7 Å². The molecule has 7 nitrogen and oxygen atoms in total. The van der Waals surface area contributed by atoms with Gasteiger partial charge in [0.1, 0.15) is 5.82 Å². The van der Waals surface area contributed by atoms with Crippen LogP contribution in [0.5, 0.6) is 0 Å². The number of nitrogens with zero attached hydrogens (tertiary/aromatic N) is 2. The van der Waals surface area contributed by atoms with E-state index in [0.717, 1.165) is 6.26 Å².